The number of benzene rings is 1. The third kappa shape index (κ3) is 5.31. The van der Waals surface area contributed by atoms with Gasteiger partial charge in [-0.2, -0.15) is 14.8 Å². The molecule has 1 aliphatic rings. The molecule has 2 rings (SSSR count). The van der Waals surface area contributed by atoms with Gasteiger partial charge in [0.1, 0.15) is 0 Å². The van der Waals surface area contributed by atoms with Crippen molar-refractivity contribution in [1.82, 2.24) is 9.21 Å². The average molecular weight is 346 g/mol. The quantitative estimate of drug-likeness (QED) is 0.748. The first-order chi connectivity index (χ1) is 11.5. The number of nitrogens with zero attached hydrogens (tertiary/aromatic N) is 4. The van der Waals surface area contributed by atoms with E-state index in [1.54, 1.807) is 0 Å². The van der Waals surface area contributed by atoms with Gasteiger partial charge in [-0.3, -0.25) is 4.90 Å². The topological polar surface area (TPSA) is 88.2 Å². The number of nitriles is 2. The van der Waals surface area contributed by atoms with Gasteiger partial charge in [0, 0.05) is 39.1 Å². The van der Waals surface area contributed by atoms with Crippen molar-refractivity contribution in [2.75, 3.05) is 32.7 Å². The van der Waals surface area contributed by atoms with Gasteiger partial charge in [-0.1, -0.05) is 30.3 Å². The second kappa shape index (κ2) is 8.79. The molecule has 0 spiro atoms. The van der Waals surface area contributed by atoms with Crippen LogP contribution in [0, 0.1) is 28.6 Å². The van der Waals surface area contributed by atoms with E-state index in [4.69, 9.17) is 10.5 Å². The minimum Gasteiger partial charge on any atom is -0.299 e. The fourth-order valence-electron chi connectivity index (χ4n) is 2.81. The van der Waals surface area contributed by atoms with Crippen LogP contribution in [-0.4, -0.2) is 50.3 Å². The van der Waals surface area contributed by atoms with Gasteiger partial charge in [0.15, 0.2) is 0 Å². The van der Waals surface area contributed by atoms with Crippen molar-refractivity contribution in [1.29, 1.82) is 10.5 Å². The largest absolute Gasteiger partial charge is 0.299 e. The van der Waals surface area contributed by atoms with Gasteiger partial charge in [0.2, 0.25) is 10.0 Å². The molecular weight excluding hydrogens is 324 g/mol. The molecule has 0 N–H and O–H groups in total. The zero-order valence-corrected chi connectivity index (χ0v) is 14.5. The van der Waals surface area contributed by atoms with Crippen LogP contribution in [0.2, 0.25) is 0 Å². The molecule has 1 atom stereocenters. The Balaban J connectivity index is 1.86. The highest BCUT2D eigenvalue weighted by atomic mass is 32.2. The summed E-state index contributed by atoms with van der Waals surface area (Å²) in [7, 11) is -3.31. The van der Waals surface area contributed by atoms with E-state index >= 15 is 0 Å². The third-order valence-electron chi connectivity index (χ3n) is 4.18. The minimum absolute atomic E-state index is 0.0246. The second-order valence-electron chi connectivity index (χ2n) is 5.96. The van der Waals surface area contributed by atoms with Crippen LogP contribution in [-0.2, 0) is 15.8 Å². The molecule has 0 unspecified atom stereocenters. The summed E-state index contributed by atoms with van der Waals surface area (Å²) >= 11 is 0. The van der Waals surface area contributed by atoms with Crippen molar-refractivity contribution < 1.29 is 8.42 Å². The highest BCUT2D eigenvalue weighted by Crippen LogP contribution is 2.15. The second-order valence-corrected chi connectivity index (χ2v) is 7.93. The first kappa shape index (κ1) is 18.4. The van der Waals surface area contributed by atoms with Crippen LogP contribution in [0.3, 0.4) is 0 Å². The SMILES string of the molecule is N#CCC[C@@H](C#N)CN1CCN(S(=O)(=O)Cc2ccccc2)CC1. The smallest absolute Gasteiger partial charge is 0.218 e. The van der Waals surface area contributed by atoms with Crippen LogP contribution >= 0.6 is 0 Å². The van der Waals surface area contributed by atoms with Gasteiger partial charge in [-0.05, 0) is 12.0 Å². The van der Waals surface area contributed by atoms with Gasteiger partial charge >= 0.3 is 0 Å². The van der Waals surface area contributed by atoms with Crippen LogP contribution in [0.1, 0.15) is 18.4 Å². The molecule has 1 saturated heterocycles. The van der Waals surface area contributed by atoms with E-state index in [1.165, 1.54) is 4.31 Å². The van der Waals surface area contributed by atoms with Gasteiger partial charge < -0.3 is 0 Å². The standard InChI is InChI=1S/C17H22N4O2S/c18-8-4-7-17(13-19)14-20-9-11-21(12-10-20)24(22,23)15-16-5-2-1-3-6-16/h1-3,5-6,17H,4,7,9-12,14-15H2/t17-/m0/s1. The molecule has 0 radical (unpaired) electrons. The zero-order valence-electron chi connectivity index (χ0n) is 13.6. The van der Waals surface area contributed by atoms with E-state index in [2.05, 4.69) is 17.0 Å². The van der Waals surface area contributed by atoms with Crippen LogP contribution < -0.4 is 0 Å². The molecule has 1 aliphatic heterocycles. The zero-order chi connectivity index (χ0) is 17.4. The Morgan fingerprint density at radius 2 is 1.75 bits per heavy atom. The van der Waals surface area contributed by atoms with Crippen molar-refractivity contribution in [3.63, 3.8) is 0 Å². The van der Waals surface area contributed by atoms with E-state index in [0.29, 0.717) is 45.6 Å². The van der Waals surface area contributed by atoms with Crippen molar-refractivity contribution in [2.45, 2.75) is 18.6 Å². The lowest BCUT2D eigenvalue weighted by molar-refractivity contribution is 0.173. The molecule has 1 heterocycles. The maximum atomic E-state index is 12.5. The molecule has 24 heavy (non-hydrogen) atoms. The molecule has 6 nitrogen and oxygen atoms in total. The van der Waals surface area contributed by atoms with E-state index in [1.807, 2.05) is 30.3 Å². The summed E-state index contributed by atoms with van der Waals surface area (Å²) in [4.78, 5) is 2.11. The molecule has 1 aromatic carbocycles. The number of hydrogen-bond donors (Lipinski definition) is 0. The fourth-order valence-corrected chi connectivity index (χ4v) is 4.33. The van der Waals surface area contributed by atoms with E-state index in [0.717, 1.165) is 5.56 Å². The lowest BCUT2D eigenvalue weighted by atomic mass is 10.0. The molecule has 0 bridgehead atoms. The van der Waals surface area contributed by atoms with Gasteiger partial charge in [-0.25, -0.2) is 8.42 Å². The summed E-state index contributed by atoms with van der Waals surface area (Å²) in [5.74, 6) is -0.145. The maximum absolute atomic E-state index is 12.5. The number of piperazine rings is 1. The maximum Gasteiger partial charge on any atom is 0.218 e. The van der Waals surface area contributed by atoms with Gasteiger partial charge in [-0.15, -0.1) is 0 Å². The first-order valence-electron chi connectivity index (χ1n) is 8.06. The molecule has 0 aliphatic carbocycles. The lowest BCUT2D eigenvalue weighted by Crippen LogP contribution is -2.49. The normalized spacial score (nSPS) is 17.8. The van der Waals surface area contributed by atoms with Crippen molar-refractivity contribution >= 4 is 10.0 Å². The first-order valence-corrected chi connectivity index (χ1v) is 9.67. The molecule has 0 saturated carbocycles. The summed E-state index contributed by atoms with van der Waals surface area (Å²) in [6.07, 6.45) is 0.948. The summed E-state index contributed by atoms with van der Waals surface area (Å²) in [5.41, 5.74) is 0.793. The van der Waals surface area contributed by atoms with E-state index in [-0.39, 0.29) is 11.7 Å². The Labute approximate surface area is 144 Å². The van der Waals surface area contributed by atoms with Crippen molar-refractivity contribution in [3.8, 4) is 12.1 Å². The fraction of sp³-hybridized carbons (Fsp3) is 0.529. The summed E-state index contributed by atoms with van der Waals surface area (Å²) in [5, 5.41) is 17.8. The molecule has 0 aromatic heterocycles. The number of rotatable bonds is 7. The Morgan fingerprint density at radius 3 is 2.33 bits per heavy atom. The van der Waals surface area contributed by atoms with Gasteiger partial charge in [0.25, 0.3) is 0 Å². The Bertz CT molecular complexity index is 698. The summed E-state index contributed by atoms with van der Waals surface area (Å²) in [6.45, 7) is 2.75. The predicted molar refractivity (Wildman–Crippen MR) is 91.0 cm³/mol. The summed E-state index contributed by atoms with van der Waals surface area (Å²) in [6, 6.07) is 13.5. The molecular formula is C17H22N4O2S. The van der Waals surface area contributed by atoms with Crippen LogP contribution in [0.5, 0.6) is 0 Å². The van der Waals surface area contributed by atoms with Crippen LogP contribution in [0.4, 0.5) is 0 Å². The molecule has 7 heteroatoms. The van der Waals surface area contributed by atoms with Crippen molar-refractivity contribution in [2.24, 2.45) is 5.92 Å². The monoisotopic (exact) mass is 346 g/mol. The molecule has 1 fully saturated rings. The van der Waals surface area contributed by atoms with E-state index in [9.17, 15) is 8.42 Å². The van der Waals surface area contributed by atoms with Crippen LogP contribution in [0.15, 0.2) is 30.3 Å². The Morgan fingerprint density at radius 1 is 1.08 bits per heavy atom. The summed E-state index contributed by atoms with van der Waals surface area (Å²) < 4.78 is 26.5. The van der Waals surface area contributed by atoms with Crippen LogP contribution in [0.25, 0.3) is 0 Å². The highest BCUT2D eigenvalue weighted by molar-refractivity contribution is 7.88. The minimum atomic E-state index is -3.31. The number of hydrogen-bond acceptors (Lipinski definition) is 5. The number of sulfonamides is 1. The van der Waals surface area contributed by atoms with E-state index < -0.39 is 10.0 Å². The van der Waals surface area contributed by atoms with Gasteiger partial charge in [0.05, 0.1) is 23.8 Å². The third-order valence-corrected chi connectivity index (χ3v) is 6.03. The average Bonchev–Trinajstić information content (AvgIpc) is 2.59. The molecule has 1 aromatic rings. The van der Waals surface area contributed by atoms with Crippen molar-refractivity contribution in [3.05, 3.63) is 35.9 Å². The molecule has 128 valence electrons. The highest BCUT2D eigenvalue weighted by Gasteiger charge is 2.27. The lowest BCUT2D eigenvalue weighted by Gasteiger charge is -2.34. The Hall–Kier alpha value is -1.93. The predicted octanol–water partition coefficient (Wildman–Crippen LogP) is 1.58. The Kier molecular flexibility index (Phi) is 6.74. The molecule has 0 amide bonds.